The Balaban J connectivity index is 1.40. The number of carbonyl (C=O) groups is 2. The molecule has 1 heterocycles. The van der Waals surface area contributed by atoms with Crippen LogP contribution in [-0.2, 0) is 14.8 Å². The molecule has 0 saturated heterocycles. The van der Waals surface area contributed by atoms with Gasteiger partial charge in [0.25, 0.3) is 15.9 Å². The molecule has 11 nitrogen and oxygen atoms in total. The highest BCUT2D eigenvalue weighted by Gasteiger charge is 2.31. The van der Waals surface area contributed by atoms with Crippen molar-refractivity contribution in [3.05, 3.63) is 96.1 Å². The molecule has 12 heteroatoms. The van der Waals surface area contributed by atoms with Crippen LogP contribution in [0, 0.1) is 12.8 Å². The van der Waals surface area contributed by atoms with Gasteiger partial charge >= 0.3 is 6.03 Å². The zero-order chi connectivity index (χ0) is 37.4. The third kappa shape index (κ3) is 9.61. The summed E-state index contributed by atoms with van der Waals surface area (Å²) in [6.07, 6.45) is 1.60. The average molecular weight is 731 g/mol. The molecular formula is C40H50N4O7S. The molecule has 0 fully saturated rings. The van der Waals surface area contributed by atoms with Gasteiger partial charge in [0.05, 0.1) is 41.0 Å². The minimum atomic E-state index is -3.94. The highest BCUT2D eigenvalue weighted by Crippen LogP contribution is 2.30. The average Bonchev–Trinajstić information content (AvgIpc) is 3.12. The van der Waals surface area contributed by atoms with Crippen LogP contribution in [0.4, 0.5) is 16.2 Å². The third-order valence-corrected chi connectivity index (χ3v) is 10.9. The van der Waals surface area contributed by atoms with Crippen LogP contribution in [0.15, 0.2) is 89.8 Å². The van der Waals surface area contributed by atoms with Crippen LogP contribution in [0.25, 0.3) is 10.8 Å². The van der Waals surface area contributed by atoms with E-state index >= 15 is 0 Å². The van der Waals surface area contributed by atoms with Gasteiger partial charge < -0.3 is 29.7 Å². The molecule has 1 aliphatic rings. The van der Waals surface area contributed by atoms with Crippen LogP contribution in [0.1, 0.15) is 56.0 Å². The van der Waals surface area contributed by atoms with E-state index in [4.69, 9.17) is 9.47 Å². The predicted molar refractivity (Wildman–Crippen MR) is 204 cm³/mol. The van der Waals surface area contributed by atoms with Crippen LogP contribution < -0.4 is 14.8 Å². The SMILES string of the molecule is Cc1ccc(S(=O)(=O)Nc2ccc3c(c2)C(=O)N([C@@H](C)CO)C[C@@H](C)[C@@H](CN(C)C(=O)Nc2cccc4ccccc24)OCCCC[C@@H](C)O3)cc1. The summed E-state index contributed by atoms with van der Waals surface area (Å²) in [5, 5.41) is 15.3. The molecule has 0 saturated carbocycles. The summed E-state index contributed by atoms with van der Waals surface area (Å²) in [5.41, 5.74) is 2.01. The van der Waals surface area contributed by atoms with Crippen LogP contribution in [-0.4, -0.2) is 86.9 Å². The van der Waals surface area contributed by atoms with Crippen LogP contribution in [0.3, 0.4) is 0 Å². The van der Waals surface area contributed by atoms with Gasteiger partial charge in [-0.05, 0) is 81.8 Å². The molecule has 0 aromatic heterocycles. The number of sulfonamides is 1. The number of fused-ring (bicyclic) bond motifs is 2. The molecule has 0 bridgehead atoms. The topological polar surface area (TPSA) is 138 Å². The quantitative estimate of drug-likeness (QED) is 0.179. The number of nitrogens with zero attached hydrogens (tertiary/aromatic N) is 2. The number of aliphatic hydroxyl groups is 1. The summed E-state index contributed by atoms with van der Waals surface area (Å²) >= 11 is 0. The van der Waals surface area contributed by atoms with Gasteiger partial charge in [0.1, 0.15) is 5.75 Å². The Morgan fingerprint density at radius 3 is 2.50 bits per heavy atom. The molecule has 0 radical (unpaired) electrons. The van der Waals surface area contributed by atoms with Crippen molar-refractivity contribution >= 4 is 44.1 Å². The molecule has 3 N–H and O–H groups in total. The molecular weight excluding hydrogens is 681 g/mol. The number of urea groups is 1. The molecule has 0 aliphatic carbocycles. The van der Waals surface area contributed by atoms with E-state index in [1.54, 1.807) is 48.0 Å². The van der Waals surface area contributed by atoms with Crippen molar-refractivity contribution in [1.82, 2.24) is 9.80 Å². The van der Waals surface area contributed by atoms with Crippen LogP contribution >= 0.6 is 0 Å². The summed E-state index contributed by atoms with van der Waals surface area (Å²) in [5.74, 6) is -0.363. The van der Waals surface area contributed by atoms with Gasteiger partial charge in [-0.1, -0.05) is 61.0 Å². The lowest BCUT2D eigenvalue weighted by Crippen LogP contribution is -2.48. The summed E-state index contributed by atoms with van der Waals surface area (Å²) in [7, 11) is -2.23. The number of likely N-dealkylation sites (N-methyl/N-ethyl adjacent to an activating group) is 1. The lowest BCUT2D eigenvalue weighted by atomic mass is 10.0. The van der Waals surface area contributed by atoms with Crippen molar-refractivity contribution in [3.8, 4) is 5.75 Å². The van der Waals surface area contributed by atoms with E-state index in [1.165, 1.54) is 18.2 Å². The van der Waals surface area contributed by atoms with E-state index in [2.05, 4.69) is 10.0 Å². The van der Waals surface area contributed by atoms with E-state index in [1.807, 2.05) is 63.2 Å². The first-order valence-corrected chi connectivity index (χ1v) is 19.3. The maximum Gasteiger partial charge on any atom is 0.321 e. The Kier molecular flexibility index (Phi) is 12.8. The molecule has 0 unspecified atom stereocenters. The second-order valence-corrected chi connectivity index (χ2v) is 15.4. The van der Waals surface area contributed by atoms with E-state index < -0.39 is 28.1 Å². The minimum Gasteiger partial charge on any atom is -0.490 e. The van der Waals surface area contributed by atoms with Gasteiger partial charge in [-0.3, -0.25) is 9.52 Å². The van der Waals surface area contributed by atoms with Crippen molar-refractivity contribution in [2.24, 2.45) is 5.92 Å². The molecule has 4 aromatic rings. The van der Waals surface area contributed by atoms with Crippen molar-refractivity contribution in [2.75, 3.05) is 43.4 Å². The fourth-order valence-electron chi connectivity index (χ4n) is 6.28. The van der Waals surface area contributed by atoms with Gasteiger partial charge in [0.2, 0.25) is 0 Å². The van der Waals surface area contributed by atoms with Crippen LogP contribution in [0.5, 0.6) is 5.75 Å². The summed E-state index contributed by atoms with van der Waals surface area (Å²) in [4.78, 5) is 31.2. The number of carbonyl (C=O) groups excluding carboxylic acids is 2. The molecule has 52 heavy (non-hydrogen) atoms. The maximum atomic E-state index is 14.5. The second kappa shape index (κ2) is 17.2. The van der Waals surface area contributed by atoms with Crippen molar-refractivity contribution in [3.63, 3.8) is 0 Å². The number of ether oxygens (including phenoxy) is 2. The van der Waals surface area contributed by atoms with Crippen molar-refractivity contribution in [2.45, 2.75) is 70.1 Å². The van der Waals surface area contributed by atoms with Gasteiger partial charge in [-0.2, -0.15) is 0 Å². The third-order valence-electron chi connectivity index (χ3n) is 9.47. The number of anilines is 2. The summed E-state index contributed by atoms with van der Waals surface area (Å²) in [6, 6.07) is 23.9. The number of amides is 3. The van der Waals surface area contributed by atoms with Gasteiger partial charge in [0.15, 0.2) is 0 Å². The Morgan fingerprint density at radius 1 is 1.02 bits per heavy atom. The molecule has 4 aromatic carbocycles. The molecule has 0 spiro atoms. The summed E-state index contributed by atoms with van der Waals surface area (Å²) < 4.78 is 41.9. The maximum absolute atomic E-state index is 14.5. The standard InChI is InChI=1S/C40H50N4O7S/c1-27-16-19-33(20-17-27)52(48,49)42-32-18-21-37-35(23-32)39(46)44(29(3)26-45)24-28(2)38(50-22-9-8-11-30(4)51-37)25-43(5)40(47)41-36-15-10-13-31-12-6-7-14-34(31)36/h6-7,10,12-21,23,28-30,38,42,45H,8-9,11,22,24-26H2,1-5H3,(H,41,47)/t28-,29+,30-,38-/m1/s1. The molecule has 4 atom stereocenters. The van der Waals surface area contributed by atoms with E-state index in [0.29, 0.717) is 24.5 Å². The Hall–Kier alpha value is -4.65. The fourth-order valence-corrected chi connectivity index (χ4v) is 7.33. The van der Waals surface area contributed by atoms with Crippen molar-refractivity contribution < 1.29 is 32.6 Å². The number of hydrogen-bond acceptors (Lipinski definition) is 7. The number of nitrogens with one attached hydrogen (secondary N) is 2. The number of benzene rings is 4. The van der Waals surface area contributed by atoms with Crippen LogP contribution in [0.2, 0.25) is 0 Å². The number of hydrogen-bond donors (Lipinski definition) is 3. The molecule has 5 rings (SSSR count). The second-order valence-electron chi connectivity index (χ2n) is 13.8. The predicted octanol–water partition coefficient (Wildman–Crippen LogP) is 6.91. The number of aryl methyl sites for hydroxylation is 1. The highest BCUT2D eigenvalue weighted by atomic mass is 32.2. The van der Waals surface area contributed by atoms with Crippen molar-refractivity contribution in [1.29, 1.82) is 0 Å². The highest BCUT2D eigenvalue weighted by molar-refractivity contribution is 7.92. The normalized spacial score (nSPS) is 19.5. The van der Waals surface area contributed by atoms with E-state index in [-0.39, 0.29) is 53.9 Å². The first-order chi connectivity index (χ1) is 24.9. The Morgan fingerprint density at radius 2 is 1.75 bits per heavy atom. The zero-order valence-electron chi connectivity index (χ0n) is 30.5. The number of rotatable bonds is 8. The monoisotopic (exact) mass is 730 g/mol. The first-order valence-electron chi connectivity index (χ1n) is 17.8. The minimum absolute atomic E-state index is 0.0977. The van der Waals surface area contributed by atoms with E-state index in [0.717, 1.165) is 29.2 Å². The molecule has 3 amide bonds. The van der Waals surface area contributed by atoms with Gasteiger partial charge in [-0.15, -0.1) is 0 Å². The summed E-state index contributed by atoms with van der Waals surface area (Å²) in [6.45, 7) is 8.13. The molecule has 1 aliphatic heterocycles. The lowest BCUT2D eigenvalue weighted by Gasteiger charge is -2.35. The smallest absolute Gasteiger partial charge is 0.321 e. The fraction of sp³-hybridized carbons (Fsp3) is 0.400. The molecule has 278 valence electrons. The van der Waals surface area contributed by atoms with E-state index in [9.17, 15) is 23.1 Å². The van der Waals surface area contributed by atoms with Gasteiger partial charge in [-0.25, -0.2) is 13.2 Å². The Labute approximate surface area is 307 Å². The van der Waals surface area contributed by atoms with Gasteiger partial charge in [0, 0.05) is 43.7 Å². The lowest BCUT2D eigenvalue weighted by molar-refractivity contribution is -0.0115. The largest absolute Gasteiger partial charge is 0.490 e. The first kappa shape index (κ1) is 38.6. The zero-order valence-corrected chi connectivity index (χ0v) is 31.4. The number of aliphatic hydroxyl groups excluding tert-OH is 1. The Bertz CT molecular complexity index is 1950.